The van der Waals surface area contributed by atoms with Crippen LogP contribution in [-0.4, -0.2) is 26.3 Å². The predicted molar refractivity (Wildman–Crippen MR) is 73.4 cm³/mol. The summed E-state index contributed by atoms with van der Waals surface area (Å²) in [7, 11) is 0. The molecule has 2 rings (SSSR count). The maximum Gasteiger partial charge on any atom is 0.225 e. The lowest BCUT2D eigenvalue weighted by Crippen LogP contribution is -2.04. The molecule has 0 aliphatic heterocycles. The molecule has 0 spiro atoms. The van der Waals surface area contributed by atoms with Gasteiger partial charge in [-0.05, 0) is 12.8 Å². The first-order valence-electron chi connectivity index (χ1n) is 6.59. The SMILES string of the molecule is CCCNc1nccc(Oc2cnn(CCC)c2)n1. The molecule has 0 bridgehead atoms. The lowest BCUT2D eigenvalue weighted by molar-refractivity contribution is 0.460. The first-order chi connectivity index (χ1) is 9.31. The summed E-state index contributed by atoms with van der Waals surface area (Å²) in [5, 5.41) is 7.33. The van der Waals surface area contributed by atoms with Gasteiger partial charge in [-0.2, -0.15) is 10.1 Å². The van der Waals surface area contributed by atoms with Gasteiger partial charge in [0, 0.05) is 25.4 Å². The van der Waals surface area contributed by atoms with Crippen molar-refractivity contribution < 1.29 is 4.74 Å². The van der Waals surface area contributed by atoms with Crippen LogP contribution >= 0.6 is 0 Å². The Bertz CT molecular complexity index is 511. The van der Waals surface area contributed by atoms with Gasteiger partial charge < -0.3 is 10.1 Å². The van der Waals surface area contributed by atoms with Crippen LogP contribution in [0, 0.1) is 0 Å². The molecule has 0 aromatic carbocycles. The normalized spacial score (nSPS) is 10.4. The van der Waals surface area contributed by atoms with Crippen molar-refractivity contribution in [2.24, 2.45) is 0 Å². The summed E-state index contributed by atoms with van der Waals surface area (Å²) in [4.78, 5) is 8.41. The van der Waals surface area contributed by atoms with E-state index < -0.39 is 0 Å². The van der Waals surface area contributed by atoms with Crippen molar-refractivity contribution >= 4 is 5.95 Å². The summed E-state index contributed by atoms with van der Waals surface area (Å²) < 4.78 is 7.51. The van der Waals surface area contributed by atoms with Crippen LogP contribution in [0.1, 0.15) is 26.7 Å². The van der Waals surface area contributed by atoms with Gasteiger partial charge >= 0.3 is 0 Å². The topological polar surface area (TPSA) is 64.9 Å². The van der Waals surface area contributed by atoms with Crippen LogP contribution in [-0.2, 0) is 6.54 Å². The highest BCUT2D eigenvalue weighted by Crippen LogP contribution is 2.18. The van der Waals surface area contributed by atoms with Crippen molar-refractivity contribution in [3.05, 3.63) is 24.7 Å². The number of anilines is 1. The van der Waals surface area contributed by atoms with Crippen molar-refractivity contribution in [3.63, 3.8) is 0 Å². The standard InChI is InChI=1S/C13H19N5O/c1-3-6-14-13-15-7-5-12(17-13)19-11-9-16-18(10-11)8-4-2/h5,7,9-10H,3-4,6,8H2,1-2H3,(H,14,15,17). The fourth-order valence-corrected chi connectivity index (χ4v) is 1.59. The molecule has 0 aliphatic rings. The minimum atomic E-state index is 0.518. The molecule has 0 saturated heterocycles. The molecular formula is C13H19N5O. The van der Waals surface area contributed by atoms with Gasteiger partial charge in [-0.25, -0.2) is 4.98 Å². The van der Waals surface area contributed by atoms with Crippen molar-refractivity contribution in [1.29, 1.82) is 0 Å². The molecule has 2 heterocycles. The number of aryl methyl sites for hydroxylation is 1. The van der Waals surface area contributed by atoms with Gasteiger partial charge in [-0.3, -0.25) is 4.68 Å². The fourth-order valence-electron chi connectivity index (χ4n) is 1.59. The second-order valence-corrected chi connectivity index (χ2v) is 4.19. The third kappa shape index (κ3) is 3.94. The summed E-state index contributed by atoms with van der Waals surface area (Å²) in [6.07, 6.45) is 7.30. The van der Waals surface area contributed by atoms with E-state index in [0.29, 0.717) is 17.6 Å². The van der Waals surface area contributed by atoms with Crippen LogP contribution in [0.3, 0.4) is 0 Å². The Morgan fingerprint density at radius 1 is 1.32 bits per heavy atom. The Kier molecular flexibility index (Phi) is 4.72. The van der Waals surface area contributed by atoms with E-state index in [0.717, 1.165) is 25.9 Å². The smallest absolute Gasteiger partial charge is 0.225 e. The van der Waals surface area contributed by atoms with Gasteiger partial charge in [0.05, 0.1) is 12.4 Å². The van der Waals surface area contributed by atoms with Crippen molar-refractivity contribution in [1.82, 2.24) is 19.7 Å². The zero-order valence-corrected chi connectivity index (χ0v) is 11.3. The van der Waals surface area contributed by atoms with E-state index in [2.05, 4.69) is 34.2 Å². The van der Waals surface area contributed by atoms with Crippen LogP contribution < -0.4 is 10.1 Å². The number of hydrogen-bond donors (Lipinski definition) is 1. The summed E-state index contributed by atoms with van der Waals surface area (Å²) >= 11 is 0. The number of nitrogens with zero attached hydrogens (tertiary/aromatic N) is 4. The van der Waals surface area contributed by atoms with E-state index in [-0.39, 0.29) is 0 Å². The van der Waals surface area contributed by atoms with E-state index in [9.17, 15) is 0 Å². The molecule has 6 nitrogen and oxygen atoms in total. The average molecular weight is 261 g/mol. The number of rotatable bonds is 7. The lowest BCUT2D eigenvalue weighted by atomic mass is 10.5. The van der Waals surface area contributed by atoms with E-state index in [1.807, 2.05) is 10.9 Å². The van der Waals surface area contributed by atoms with Crippen molar-refractivity contribution in [2.75, 3.05) is 11.9 Å². The summed E-state index contributed by atoms with van der Waals surface area (Å²) in [6, 6.07) is 1.73. The Balaban J connectivity index is 2.01. The number of aromatic nitrogens is 4. The summed E-state index contributed by atoms with van der Waals surface area (Å²) in [5.41, 5.74) is 0. The quantitative estimate of drug-likeness (QED) is 0.830. The van der Waals surface area contributed by atoms with Crippen LogP contribution in [0.25, 0.3) is 0 Å². The molecular weight excluding hydrogens is 242 g/mol. The Labute approximate surface area is 112 Å². The number of ether oxygens (including phenoxy) is 1. The summed E-state index contributed by atoms with van der Waals surface area (Å²) in [6.45, 7) is 5.93. The van der Waals surface area contributed by atoms with E-state index in [1.165, 1.54) is 0 Å². The van der Waals surface area contributed by atoms with Crippen LogP contribution in [0.5, 0.6) is 11.6 Å². The van der Waals surface area contributed by atoms with Crippen LogP contribution in [0.2, 0.25) is 0 Å². The van der Waals surface area contributed by atoms with Gasteiger partial charge in [0.2, 0.25) is 11.8 Å². The van der Waals surface area contributed by atoms with Gasteiger partial charge in [-0.15, -0.1) is 0 Å². The minimum absolute atomic E-state index is 0.518. The molecule has 0 radical (unpaired) electrons. The zero-order chi connectivity index (χ0) is 13.5. The van der Waals surface area contributed by atoms with Crippen LogP contribution in [0.15, 0.2) is 24.7 Å². The Hall–Kier alpha value is -2.11. The largest absolute Gasteiger partial charge is 0.436 e. The molecule has 0 aliphatic carbocycles. The molecule has 2 aromatic heterocycles. The molecule has 1 N–H and O–H groups in total. The molecule has 0 unspecified atom stereocenters. The predicted octanol–water partition coefficient (Wildman–Crippen LogP) is 2.70. The van der Waals surface area contributed by atoms with E-state index in [4.69, 9.17) is 4.74 Å². The minimum Gasteiger partial charge on any atom is -0.436 e. The molecule has 2 aromatic rings. The second kappa shape index (κ2) is 6.72. The highest BCUT2D eigenvalue weighted by atomic mass is 16.5. The maximum absolute atomic E-state index is 5.65. The van der Waals surface area contributed by atoms with Crippen LogP contribution in [0.4, 0.5) is 5.95 Å². The molecule has 0 saturated carbocycles. The van der Waals surface area contributed by atoms with Crippen molar-refractivity contribution in [2.45, 2.75) is 33.2 Å². The molecule has 0 fully saturated rings. The molecule has 0 amide bonds. The van der Waals surface area contributed by atoms with Crippen molar-refractivity contribution in [3.8, 4) is 11.6 Å². The second-order valence-electron chi connectivity index (χ2n) is 4.19. The van der Waals surface area contributed by atoms with Gasteiger partial charge in [0.25, 0.3) is 0 Å². The molecule has 19 heavy (non-hydrogen) atoms. The molecule has 6 heteroatoms. The van der Waals surface area contributed by atoms with Gasteiger partial charge in [0.1, 0.15) is 0 Å². The monoisotopic (exact) mass is 261 g/mol. The highest BCUT2D eigenvalue weighted by molar-refractivity contribution is 5.29. The third-order valence-electron chi connectivity index (χ3n) is 2.45. The van der Waals surface area contributed by atoms with Gasteiger partial charge in [0.15, 0.2) is 5.75 Å². The maximum atomic E-state index is 5.65. The number of hydrogen-bond acceptors (Lipinski definition) is 5. The molecule has 102 valence electrons. The Morgan fingerprint density at radius 3 is 3.00 bits per heavy atom. The first kappa shape index (κ1) is 13.3. The van der Waals surface area contributed by atoms with Gasteiger partial charge in [-0.1, -0.05) is 13.8 Å². The average Bonchev–Trinajstić information content (AvgIpc) is 2.85. The fraction of sp³-hybridized carbons (Fsp3) is 0.462. The lowest BCUT2D eigenvalue weighted by Gasteiger charge is -2.05. The highest BCUT2D eigenvalue weighted by Gasteiger charge is 2.03. The zero-order valence-electron chi connectivity index (χ0n) is 11.3. The van der Waals surface area contributed by atoms with E-state index >= 15 is 0 Å². The van der Waals surface area contributed by atoms with E-state index in [1.54, 1.807) is 18.5 Å². The third-order valence-corrected chi connectivity index (χ3v) is 2.45. The Morgan fingerprint density at radius 2 is 2.21 bits per heavy atom. The number of nitrogens with one attached hydrogen (secondary N) is 1. The summed E-state index contributed by atoms with van der Waals surface area (Å²) in [5.74, 6) is 1.79. The first-order valence-corrected chi connectivity index (χ1v) is 6.59. The molecule has 0 atom stereocenters.